The van der Waals surface area contributed by atoms with Crippen molar-refractivity contribution in [3.05, 3.63) is 24.3 Å². The van der Waals surface area contributed by atoms with Crippen molar-refractivity contribution in [2.24, 2.45) is 0 Å². The molecule has 4 rings (SSSR count). The average molecular weight is 381 g/mol. The van der Waals surface area contributed by atoms with Crippen LogP contribution in [0.15, 0.2) is 18.5 Å². The van der Waals surface area contributed by atoms with Crippen molar-refractivity contribution in [3.63, 3.8) is 0 Å². The molecule has 1 saturated carbocycles. The summed E-state index contributed by atoms with van der Waals surface area (Å²) in [7, 11) is 0. The van der Waals surface area contributed by atoms with Gasteiger partial charge in [-0.15, -0.1) is 0 Å². The summed E-state index contributed by atoms with van der Waals surface area (Å²) >= 11 is 0. The Bertz CT molecular complexity index is 938. The lowest BCUT2D eigenvalue weighted by molar-refractivity contribution is -0.126. The zero-order valence-electron chi connectivity index (χ0n) is 14.9. The van der Waals surface area contributed by atoms with Crippen molar-refractivity contribution < 1.29 is 18.3 Å². The van der Waals surface area contributed by atoms with E-state index in [-0.39, 0.29) is 12.1 Å². The minimum atomic E-state index is -4.19. The van der Waals surface area contributed by atoms with Crippen LogP contribution in [0, 0.1) is 0 Å². The van der Waals surface area contributed by atoms with Crippen molar-refractivity contribution in [1.82, 2.24) is 24.8 Å². The lowest BCUT2D eigenvalue weighted by atomic mass is 9.90. The minimum absolute atomic E-state index is 0.0871. The summed E-state index contributed by atoms with van der Waals surface area (Å²) in [6.07, 6.45) is 1.34. The average Bonchev–Trinajstić information content (AvgIpc) is 3.23. The molecule has 1 fully saturated rings. The molecule has 27 heavy (non-hydrogen) atoms. The van der Waals surface area contributed by atoms with Gasteiger partial charge < -0.3 is 20.0 Å². The number of imidazole rings is 1. The first kappa shape index (κ1) is 18.2. The molecule has 3 N–H and O–H groups in total. The van der Waals surface area contributed by atoms with E-state index >= 15 is 0 Å². The fourth-order valence-corrected chi connectivity index (χ4v) is 4.07. The molecule has 0 bridgehead atoms. The monoisotopic (exact) mass is 381 g/mol. The molecule has 0 unspecified atom stereocenters. The topological polar surface area (TPSA) is 78.8 Å². The molecule has 0 aromatic carbocycles. The molecule has 1 atom stereocenters. The number of nitrogens with zero attached hydrogens (tertiary/aromatic N) is 3. The van der Waals surface area contributed by atoms with Crippen LogP contribution in [0.4, 0.5) is 13.2 Å². The first-order valence-electron chi connectivity index (χ1n) is 9.15. The van der Waals surface area contributed by atoms with Crippen molar-refractivity contribution in [2.75, 3.05) is 6.54 Å². The van der Waals surface area contributed by atoms with Gasteiger partial charge in [-0.05, 0) is 38.7 Å². The van der Waals surface area contributed by atoms with Gasteiger partial charge in [-0.25, -0.2) is 9.97 Å². The van der Waals surface area contributed by atoms with Gasteiger partial charge in [0.05, 0.1) is 18.3 Å². The molecule has 1 aliphatic rings. The Balaban J connectivity index is 1.63. The van der Waals surface area contributed by atoms with Crippen molar-refractivity contribution in [2.45, 2.75) is 57.0 Å². The highest BCUT2D eigenvalue weighted by Gasteiger charge is 2.31. The van der Waals surface area contributed by atoms with Crippen molar-refractivity contribution in [1.29, 1.82) is 0 Å². The number of aliphatic hydroxyl groups excluding tert-OH is 1. The Labute approximate surface area is 153 Å². The second kappa shape index (κ2) is 6.79. The van der Waals surface area contributed by atoms with E-state index in [1.54, 1.807) is 13.1 Å². The van der Waals surface area contributed by atoms with Gasteiger partial charge in [0.25, 0.3) is 0 Å². The molecule has 0 aliphatic heterocycles. The molecular weight excluding hydrogens is 359 g/mol. The molecular formula is C18H22F3N5O. The van der Waals surface area contributed by atoms with E-state index in [9.17, 15) is 18.3 Å². The third-order valence-electron chi connectivity index (χ3n) is 5.29. The second-order valence-corrected chi connectivity index (χ2v) is 7.25. The second-order valence-electron chi connectivity index (χ2n) is 7.25. The fourth-order valence-electron chi connectivity index (χ4n) is 4.07. The number of alkyl halides is 3. The van der Waals surface area contributed by atoms with Crippen LogP contribution in [0.3, 0.4) is 0 Å². The van der Waals surface area contributed by atoms with E-state index in [1.165, 1.54) is 0 Å². The van der Waals surface area contributed by atoms with Crippen LogP contribution >= 0.6 is 0 Å². The number of nitrogens with one attached hydrogen (secondary N) is 2. The van der Waals surface area contributed by atoms with E-state index in [2.05, 4.69) is 24.8 Å². The van der Waals surface area contributed by atoms with Crippen LogP contribution in [0.1, 0.15) is 50.6 Å². The fraction of sp³-hybridized carbons (Fsp3) is 0.556. The molecule has 1 aliphatic carbocycles. The summed E-state index contributed by atoms with van der Waals surface area (Å²) in [6.45, 7) is 0.723. The third-order valence-corrected chi connectivity index (χ3v) is 5.29. The SMILES string of the molecule is C[C@@H](O)c1nc2cnc3[nH]ccc3c2n1C1CCC(NCC(F)(F)F)CC1. The van der Waals surface area contributed by atoms with E-state index in [0.29, 0.717) is 18.7 Å². The highest BCUT2D eigenvalue weighted by atomic mass is 19.4. The van der Waals surface area contributed by atoms with Crippen LogP contribution < -0.4 is 5.32 Å². The maximum absolute atomic E-state index is 12.4. The van der Waals surface area contributed by atoms with Crippen LogP contribution in [0.25, 0.3) is 22.1 Å². The number of aliphatic hydroxyl groups is 1. The molecule has 0 spiro atoms. The lowest BCUT2D eigenvalue weighted by Crippen LogP contribution is -2.39. The number of aromatic nitrogens is 4. The molecule has 3 aromatic rings. The zero-order chi connectivity index (χ0) is 19.2. The molecule has 6 nitrogen and oxygen atoms in total. The minimum Gasteiger partial charge on any atom is -0.385 e. The number of hydrogen-bond donors (Lipinski definition) is 3. The third kappa shape index (κ3) is 3.53. The van der Waals surface area contributed by atoms with Gasteiger partial charge in [-0.2, -0.15) is 13.2 Å². The number of H-pyrrole nitrogens is 1. The highest BCUT2D eigenvalue weighted by Crippen LogP contribution is 2.36. The number of pyridine rings is 1. The Morgan fingerprint density at radius 1 is 1.33 bits per heavy atom. The largest absolute Gasteiger partial charge is 0.401 e. The summed E-state index contributed by atoms with van der Waals surface area (Å²) in [5, 5.41) is 13.8. The summed E-state index contributed by atoms with van der Waals surface area (Å²) < 4.78 is 39.4. The number of halogens is 3. The summed E-state index contributed by atoms with van der Waals surface area (Å²) in [5.74, 6) is 0.576. The van der Waals surface area contributed by atoms with Crippen molar-refractivity contribution >= 4 is 22.1 Å². The van der Waals surface area contributed by atoms with E-state index in [4.69, 9.17) is 0 Å². The predicted molar refractivity (Wildman–Crippen MR) is 95.4 cm³/mol. The van der Waals surface area contributed by atoms with Gasteiger partial charge >= 0.3 is 6.18 Å². The Kier molecular flexibility index (Phi) is 4.59. The first-order chi connectivity index (χ1) is 12.8. The number of aromatic amines is 1. The Hall–Kier alpha value is -2.13. The summed E-state index contributed by atoms with van der Waals surface area (Å²) in [5.41, 5.74) is 2.39. The Morgan fingerprint density at radius 2 is 2.07 bits per heavy atom. The normalized spacial score (nSPS) is 22.6. The van der Waals surface area contributed by atoms with Crippen LogP contribution in [-0.2, 0) is 0 Å². The molecule has 0 amide bonds. The van der Waals surface area contributed by atoms with Gasteiger partial charge in [0.2, 0.25) is 0 Å². The molecule has 3 aromatic heterocycles. The molecule has 0 saturated heterocycles. The van der Waals surface area contributed by atoms with Gasteiger partial charge in [0, 0.05) is 23.7 Å². The van der Waals surface area contributed by atoms with Gasteiger partial charge in [0.1, 0.15) is 23.1 Å². The zero-order valence-corrected chi connectivity index (χ0v) is 14.9. The molecule has 9 heteroatoms. The van der Waals surface area contributed by atoms with Gasteiger partial charge in [-0.1, -0.05) is 0 Å². The van der Waals surface area contributed by atoms with E-state index in [1.807, 2.05) is 12.3 Å². The quantitative estimate of drug-likeness (QED) is 0.645. The van der Waals surface area contributed by atoms with E-state index < -0.39 is 18.8 Å². The lowest BCUT2D eigenvalue weighted by Gasteiger charge is -2.32. The highest BCUT2D eigenvalue weighted by molar-refractivity contribution is 6.01. The number of fused-ring (bicyclic) bond motifs is 3. The first-order valence-corrected chi connectivity index (χ1v) is 9.15. The van der Waals surface area contributed by atoms with Crippen LogP contribution in [0.5, 0.6) is 0 Å². The maximum atomic E-state index is 12.4. The Morgan fingerprint density at radius 3 is 2.74 bits per heavy atom. The van der Waals surface area contributed by atoms with Gasteiger partial charge in [-0.3, -0.25) is 0 Å². The van der Waals surface area contributed by atoms with Gasteiger partial charge in [0.15, 0.2) is 0 Å². The standard InChI is InChI=1S/C18H22F3N5O/c1-10(27)17-25-14-8-23-16-13(6-7-22-16)15(14)26(17)12-4-2-11(3-5-12)24-9-18(19,20)21/h6-8,10-12,24,27H,2-5,9H2,1H3,(H,22,23)/t10-,11?,12?/m1/s1. The summed E-state index contributed by atoms with van der Waals surface area (Å²) in [4.78, 5) is 12.0. The van der Waals surface area contributed by atoms with Crippen molar-refractivity contribution in [3.8, 4) is 0 Å². The number of hydrogen-bond acceptors (Lipinski definition) is 4. The molecule has 3 heterocycles. The molecule has 0 radical (unpaired) electrons. The van der Waals surface area contributed by atoms with Crippen LogP contribution in [0.2, 0.25) is 0 Å². The maximum Gasteiger partial charge on any atom is 0.401 e. The predicted octanol–water partition coefficient (Wildman–Crippen LogP) is 3.60. The summed E-state index contributed by atoms with van der Waals surface area (Å²) in [6, 6.07) is 1.89. The van der Waals surface area contributed by atoms with E-state index in [0.717, 1.165) is 34.9 Å². The smallest absolute Gasteiger partial charge is 0.385 e. The molecule has 146 valence electrons. The van der Waals surface area contributed by atoms with Crippen LogP contribution in [-0.4, -0.2) is 43.4 Å². The number of rotatable bonds is 4.